The van der Waals surface area contributed by atoms with Crippen molar-refractivity contribution >= 4 is 33.6 Å². The van der Waals surface area contributed by atoms with Gasteiger partial charge in [-0.1, -0.05) is 35.2 Å². The quantitative estimate of drug-likeness (QED) is 0.844. The maximum absolute atomic E-state index is 12.3. The van der Waals surface area contributed by atoms with E-state index < -0.39 is 5.97 Å². The lowest BCUT2D eigenvalue weighted by Crippen LogP contribution is -2.37. The molecule has 0 bridgehead atoms. The van der Waals surface area contributed by atoms with Crippen molar-refractivity contribution in [1.29, 1.82) is 0 Å². The number of halogens is 1. The molecule has 2 N–H and O–H groups in total. The zero-order chi connectivity index (χ0) is 15.2. The summed E-state index contributed by atoms with van der Waals surface area (Å²) in [6.45, 7) is 1.51. The monoisotopic (exact) mass is 354 g/mol. The van der Waals surface area contributed by atoms with Crippen LogP contribution in [-0.4, -0.2) is 35.1 Å². The first kappa shape index (κ1) is 15.8. The number of rotatable bonds is 2. The predicted molar refractivity (Wildman–Crippen MR) is 84.8 cm³/mol. The highest BCUT2D eigenvalue weighted by molar-refractivity contribution is 9.10. The Bertz CT molecular complexity index is 526. The molecule has 0 radical (unpaired) electrons. The number of hydrogen-bond donors (Lipinski definition) is 2. The van der Waals surface area contributed by atoms with Gasteiger partial charge in [0.1, 0.15) is 0 Å². The first-order chi connectivity index (χ1) is 10.1. The Morgan fingerprint density at radius 1 is 1.05 bits per heavy atom. The third kappa shape index (κ3) is 4.74. The van der Waals surface area contributed by atoms with Crippen LogP contribution in [0.5, 0.6) is 0 Å². The normalized spacial score (nSPS) is 16.0. The van der Waals surface area contributed by atoms with E-state index in [-0.39, 0.29) is 11.6 Å². The second-order valence-electron chi connectivity index (χ2n) is 5.22. The summed E-state index contributed by atoms with van der Waals surface area (Å²) >= 11 is 3.26. The molecule has 1 aliphatic rings. The van der Waals surface area contributed by atoms with Crippen LogP contribution in [0.15, 0.2) is 22.7 Å². The molecule has 1 aromatic rings. The standard InChI is InChI=1S/C15H19BrN2O3/c16-12-8-11(14(19)20)9-13(10-12)17-15(21)18-6-4-2-1-3-5-7-18/h8-10H,1-7H2,(H,17,21)(H,19,20). The molecular weight excluding hydrogens is 336 g/mol. The summed E-state index contributed by atoms with van der Waals surface area (Å²) in [6, 6.07) is 4.52. The first-order valence-electron chi connectivity index (χ1n) is 7.16. The van der Waals surface area contributed by atoms with E-state index in [1.165, 1.54) is 18.6 Å². The summed E-state index contributed by atoms with van der Waals surface area (Å²) in [6.07, 6.45) is 5.59. The molecule has 0 aromatic heterocycles. The van der Waals surface area contributed by atoms with Gasteiger partial charge in [0.05, 0.1) is 5.56 Å². The van der Waals surface area contributed by atoms with Crippen LogP contribution in [0, 0.1) is 0 Å². The molecule has 1 heterocycles. The van der Waals surface area contributed by atoms with Crippen molar-refractivity contribution in [3.63, 3.8) is 0 Å². The van der Waals surface area contributed by atoms with Crippen LogP contribution in [0.2, 0.25) is 0 Å². The average molecular weight is 355 g/mol. The molecule has 5 nitrogen and oxygen atoms in total. The van der Waals surface area contributed by atoms with Gasteiger partial charge in [-0.3, -0.25) is 0 Å². The van der Waals surface area contributed by atoms with Crippen molar-refractivity contribution in [3.05, 3.63) is 28.2 Å². The third-order valence-electron chi connectivity index (χ3n) is 3.54. The van der Waals surface area contributed by atoms with Gasteiger partial charge in [-0.2, -0.15) is 0 Å². The number of nitrogens with zero attached hydrogens (tertiary/aromatic N) is 1. The number of carbonyl (C=O) groups excluding carboxylic acids is 1. The molecule has 0 atom stereocenters. The van der Waals surface area contributed by atoms with E-state index in [4.69, 9.17) is 5.11 Å². The highest BCUT2D eigenvalue weighted by atomic mass is 79.9. The zero-order valence-electron chi connectivity index (χ0n) is 11.8. The van der Waals surface area contributed by atoms with E-state index in [0.29, 0.717) is 10.2 Å². The third-order valence-corrected chi connectivity index (χ3v) is 4.00. The molecule has 21 heavy (non-hydrogen) atoms. The van der Waals surface area contributed by atoms with Crippen LogP contribution in [0.4, 0.5) is 10.5 Å². The Balaban J connectivity index is 2.05. The van der Waals surface area contributed by atoms with E-state index in [2.05, 4.69) is 21.2 Å². The molecule has 0 unspecified atom stereocenters. The van der Waals surface area contributed by atoms with Crippen LogP contribution in [0.25, 0.3) is 0 Å². The number of amides is 2. The molecule has 0 saturated carbocycles. The molecule has 0 spiro atoms. The predicted octanol–water partition coefficient (Wildman–Crippen LogP) is 3.95. The van der Waals surface area contributed by atoms with Gasteiger partial charge in [0.15, 0.2) is 0 Å². The lowest BCUT2D eigenvalue weighted by molar-refractivity contribution is 0.0696. The Labute approximate surface area is 132 Å². The van der Waals surface area contributed by atoms with Gasteiger partial charge in [-0.25, -0.2) is 9.59 Å². The van der Waals surface area contributed by atoms with Crippen molar-refractivity contribution in [2.24, 2.45) is 0 Å². The Kier molecular flexibility index (Phi) is 5.61. The minimum Gasteiger partial charge on any atom is -0.478 e. The molecule has 2 amide bonds. The Morgan fingerprint density at radius 3 is 2.29 bits per heavy atom. The molecule has 114 valence electrons. The number of aromatic carboxylic acids is 1. The summed E-state index contributed by atoms with van der Waals surface area (Å²) in [4.78, 5) is 25.1. The SMILES string of the molecule is O=C(O)c1cc(Br)cc(NC(=O)N2CCCCCCC2)c1. The molecular formula is C15H19BrN2O3. The average Bonchev–Trinajstić information content (AvgIpc) is 2.37. The Hall–Kier alpha value is -1.56. The molecule has 1 saturated heterocycles. The number of urea groups is 1. The summed E-state index contributed by atoms with van der Waals surface area (Å²) in [7, 11) is 0. The number of nitrogens with one attached hydrogen (secondary N) is 1. The molecule has 1 aliphatic heterocycles. The maximum atomic E-state index is 12.3. The van der Waals surface area contributed by atoms with Gasteiger partial charge < -0.3 is 15.3 Å². The molecule has 1 aromatic carbocycles. The second kappa shape index (κ2) is 7.45. The van der Waals surface area contributed by atoms with Crippen LogP contribution < -0.4 is 5.32 Å². The van der Waals surface area contributed by atoms with Gasteiger partial charge in [-0.05, 0) is 31.0 Å². The number of anilines is 1. The van der Waals surface area contributed by atoms with E-state index >= 15 is 0 Å². The van der Waals surface area contributed by atoms with Gasteiger partial charge in [0.2, 0.25) is 0 Å². The number of carboxylic acid groups (broad SMARTS) is 1. The molecule has 6 heteroatoms. The number of carbonyl (C=O) groups is 2. The summed E-state index contributed by atoms with van der Waals surface area (Å²) < 4.78 is 0.630. The largest absolute Gasteiger partial charge is 0.478 e. The summed E-state index contributed by atoms with van der Waals surface area (Å²) in [5.41, 5.74) is 0.640. The van der Waals surface area contributed by atoms with Gasteiger partial charge in [0, 0.05) is 23.2 Å². The highest BCUT2D eigenvalue weighted by Crippen LogP contribution is 2.20. The lowest BCUT2D eigenvalue weighted by atomic mass is 10.1. The fraction of sp³-hybridized carbons (Fsp3) is 0.467. The number of benzene rings is 1. The fourth-order valence-electron chi connectivity index (χ4n) is 2.44. The number of hydrogen-bond acceptors (Lipinski definition) is 2. The van der Waals surface area contributed by atoms with Crippen molar-refractivity contribution in [2.45, 2.75) is 32.1 Å². The highest BCUT2D eigenvalue weighted by Gasteiger charge is 2.15. The topological polar surface area (TPSA) is 69.6 Å². The minimum absolute atomic E-state index is 0.146. The summed E-state index contributed by atoms with van der Waals surface area (Å²) in [5, 5.41) is 11.8. The first-order valence-corrected chi connectivity index (χ1v) is 7.95. The minimum atomic E-state index is -1.02. The summed E-state index contributed by atoms with van der Waals surface area (Å²) in [5.74, 6) is -1.02. The Morgan fingerprint density at radius 2 is 1.67 bits per heavy atom. The van der Waals surface area contributed by atoms with E-state index in [1.54, 1.807) is 11.0 Å². The van der Waals surface area contributed by atoms with Crippen molar-refractivity contribution in [1.82, 2.24) is 4.90 Å². The zero-order valence-corrected chi connectivity index (χ0v) is 13.4. The molecule has 1 fully saturated rings. The maximum Gasteiger partial charge on any atom is 0.335 e. The van der Waals surface area contributed by atoms with Crippen LogP contribution in [-0.2, 0) is 0 Å². The van der Waals surface area contributed by atoms with Crippen LogP contribution in [0.1, 0.15) is 42.5 Å². The molecule has 2 rings (SSSR count). The van der Waals surface area contributed by atoms with Gasteiger partial charge >= 0.3 is 12.0 Å². The second-order valence-corrected chi connectivity index (χ2v) is 6.13. The van der Waals surface area contributed by atoms with Gasteiger partial charge in [0.25, 0.3) is 0 Å². The van der Waals surface area contributed by atoms with Crippen LogP contribution >= 0.6 is 15.9 Å². The van der Waals surface area contributed by atoms with Crippen molar-refractivity contribution in [2.75, 3.05) is 18.4 Å². The van der Waals surface area contributed by atoms with E-state index in [1.807, 2.05) is 0 Å². The molecule has 0 aliphatic carbocycles. The smallest absolute Gasteiger partial charge is 0.335 e. The lowest BCUT2D eigenvalue weighted by Gasteiger charge is -2.25. The number of likely N-dealkylation sites (tertiary alicyclic amines) is 1. The fourth-order valence-corrected chi connectivity index (χ4v) is 2.93. The number of carboxylic acids is 1. The van der Waals surface area contributed by atoms with Crippen LogP contribution in [0.3, 0.4) is 0 Å². The van der Waals surface area contributed by atoms with Crippen molar-refractivity contribution < 1.29 is 14.7 Å². The van der Waals surface area contributed by atoms with E-state index in [9.17, 15) is 9.59 Å². The van der Waals surface area contributed by atoms with Gasteiger partial charge in [-0.15, -0.1) is 0 Å². The van der Waals surface area contributed by atoms with Crippen molar-refractivity contribution in [3.8, 4) is 0 Å². The van der Waals surface area contributed by atoms with E-state index in [0.717, 1.165) is 38.8 Å².